The zero-order valence-corrected chi connectivity index (χ0v) is 17.2. The highest BCUT2D eigenvalue weighted by molar-refractivity contribution is 6.05. The van der Waals surface area contributed by atoms with Crippen molar-refractivity contribution in [3.63, 3.8) is 0 Å². The Hall–Kier alpha value is -2.25. The molecule has 3 heterocycles. The van der Waals surface area contributed by atoms with Crippen LogP contribution in [0.25, 0.3) is 0 Å². The lowest BCUT2D eigenvalue weighted by Crippen LogP contribution is -2.52. The summed E-state index contributed by atoms with van der Waals surface area (Å²) < 4.78 is 0. The lowest BCUT2D eigenvalue weighted by atomic mass is 10.0. The second-order valence-electron chi connectivity index (χ2n) is 8.73. The molecule has 0 bridgehead atoms. The summed E-state index contributed by atoms with van der Waals surface area (Å²) in [6.45, 7) is 8.96. The van der Waals surface area contributed by atoms with Gasteiger partial charge in [0, 0.05) is 44.2 Å². The van der Waals surface area contributed by atoms with Crippen molar-refractivity contribution in [2.45, 2.75) is 58.3 Å². The van der Waals surface area contributed by atoms with Gasteiger partial charge in [0.05, 0.1) is 0 Å². The molecule has 29 heavy (non-hydrogen) atoms. The Bertz CT molecular complexity index is 822. The van der Waals surface area contributed by atoms with Crippen molar-refractivity contribution >= 4 is 17.7 Å². The maximum atomic E-state index is 12.9. The summed E-state index contributed by atoms with van der Waals surface area (Å²) in [7, 11) is 0. The topological polar surface area (TPSA) is 81.8 Å². The number of rotatable bonds is 4. The number of imide groups is 1. The Morgan fingerprint density at radius 3 is 2.79 bits per heavy atom. The third-order valence-electron chi connectivity index (χ3n) is 6.36. The van der Waals surface area contributed by atoms with Gasteiger partial charge in [-0.15, -0.1) is 0 Å². The van der Waals surface area contributed by atoms with Crippen LogP contribution in [0.15, 0.2) is 18.2 Å². The summed E-state index contributed by atoms with van der Waals surface area (Å²) in [6.07, 6.45) is 1.81. The first kappa shape index (κ1) is 20.0. The lowest BCUT2D eigenvalue weighted by molar-refractivity contribution is -0.136. The van der Waals surface area contributed by atoms with Gasteiger partial charge in [0.15, 0.2) is 0 Å². The maximum absolute atomic E-state index is 12.9. The number of nitrogens with one attached hydrogen (secondary N) is 2. The monoisotopic (exact) mass is 398 g/mol. The minimum atomic E-state index is -0.557. The second-order valence-corrected chi connectivity index (χ2v) is 8.73. The molecular formula is C22H30N4O3. The Morgan fingerprint density at radius 1 is 1.21 bits per heavy atom. The van der Waals surface area contributed by atoms with Gasteiger partial charge in [0.25, 0.3) is 5.91 Å². The van der Waals surface area contributed by atoms with Crippen molar-refractivity contribution in [3.05, 3.63) is 34.9 Å². The SMILES string of the molecule is CC(C)C1CNCCCN1Cc1ccc2c(c1)CN(C1CCC(=O)NC1=O)C2=O. The van der Waals surface area contributed by atoms with Crippen LogP contribution >= 0.6 is 0 Å². The van der Waals surface area contributed by atoms with E-state index in [-0.39, 0.29) is 24.1 Å². The molecule has 3 amide bonds. The fourth-order valence-electron chi connectivity index (χ4n) is 4.77. The summed E-state index contributed by atoms with van der Waals surface area (Å²) in [4.78, 5) is 40.6. The largest absolute Gasteiger partial charge is 0.322 e. The van der Waals surface area contributed by atoms with Crippen molar-refractivity contribution in [2.75, 3.05) is 19.6 Å². The first-order valence-electron chi connectivity index (χ1n) is 10.7. The molecule has 2 unspecified atom stereocenters. The molecule has 0 spiro atoms. The lowest BCUT2D eigenvalue weighted by Gasteiger charge is -2.32. The van der Waals surface area contributed by atoms with Crippen LogP contribution in [0, 0.1) is 5.92 Å². The normalized spacial score (nSPS) is 25.9. The van der Waals surface area contributed by atoms with Gasteiger partial charge in [-0.05, 0) is 42.5 Å². The number of carbonyl (C=O) groups excluding carboxylic acids is 3. The Morgan fingerprint density at radius 2 is 2.03 bits per heavy atom. The molecule has 1 aromatic rings. The number of fused-ring (bicyclic) bond motifs is 1. The summed E-state index contributed by atoms with van der Waals surface area (Å²) in [5, 5.41) is 5.89. The number of hydrogen-bond acceptors (Lipinski definition) is 5. The molecule has 4 rings (SSSR count). The van der Waals surface area contributed by atoms with Gasteiger partial charge in [-0.2, -0.15) is 0 Å². The molecular weight excluding hydrogens is 368 g/mol. The zero-order chi connectivity index (χ0) is 20.5. The molecule has 0 saturated carbocycles. The maximum Gasteiger partial charge on any atom is 0.255 e. The van der Waals surface area contributed by atoms with Crippen LogP contribution in [-0.2, 0) is 22.7 Å². The summed E-state index contributed by atoms with van der Waals surface area (Å²) >= 11 is 0. The van der Waals surface area contributed by atoms with E-state index in [0.717, 1.165) is 38.2 Å². The fourth-order valence-corrected chi connectivity index (χ4v) is 4.77. The highest BCUT2D eigenvalue weighted by Crippen LogP contribution is 2.29. The number of amides is 3. The smallest absolute Gasteiger partial charge is 0.255 e. The molecule has 156 valence electrons. The van der Waals surface area contributed by atoms with E-state index in [1.54, 1.807) is 4.90 Å². The Balaban J connectivity index is 1.50. The molecule has 7 nitrogen and oxygen atoms in total. The predicted molar refractivity (Wildman–Crippen MR) is 109 cm³/mol. The molecule has 3 aliphatic rings. The van der Waals surface area contributed by atoms with Crippen LogP contribution in [0.5, 0.6) is 0 Å². The quantitative estimate of drug-likeness (QED) is 0.747. The van der Waals surface area contributed by atoms with Crippen molar-refractivity contribution in [1.82, 2.24) is 20.4 Å². The third-order valence-corrected chi connectivity index (χ3v) is 6.36. The van der Waals surface area contributed by atoms with Gasteiger partial charge < -0.3 is 10.2 Å². The number of nitrogens with zero attached hydrogens (tertiary/aromatic N) is 2. The van der Waals surface area contributed by atoms with Crippen LogP contribution in [0.1, 0.15) is 54.6 Å². The molecule has 2 saturated heterocycles. The summed E-state index contributed by atoms with van der Waals surface area (Å²) in [5.74, 6) is -0.163. The first-order chi connectivity index (χ1) is 13.9. The molecule has 1 aromatic carbocycles. The molecule has 0 radical (unpaired) electrons. The van der Waals surface area contributed by atoms with Gasteiger partial charge in [0.1, 0.15) is 6.04 Å². The van der Waals surface area contributed by atoms with E-state index in [9.17, 15) is 14.4 Å². The van der Waals surface area contributed by atoms with Crippen LogP contribution < -0.4 is 10.6 Å². The van der Waals surface area contributed by atoms with E-state index in [2.05, 4.69) is 35.4 Å². The molecule has 3 aliphatic heterocycles. The predicted octanol–water partition coefficient (Wildman–Crippen LogP) is 1.27. The highest BCUT2D eigenvalue weighted by Gasteiger charge is 2.39. The average molecular weight is 399 g/mol. The van der Waals surface area contributed by atoms with E-state index < -0.39 is 6.04 Å². The van der Waals surface area contributed by atoms with Crippen molar-refractivity contribution in [1.29, 1.82) is 0 Å². The van der Waals surface area contributed by atoms with E-state index in [0.29, 0.717) is 30.5 Å². The third kappa shape index (κ3) is 4.07. The van der Waals surface area contributed by atoms with Gasteiger partial charge in [-0.25, -0.2) is 0 Å². The van der Waals surface area contributed by atoms with Crippen LogP contribution in [-0.4, -0.2) is 59.2 Å². The molecule has 0 aliphatic carbocycles. The van der Waals surface area contributed by atoms with Crippen molar-refractivity contribution in [3.8, 4) is 0 Å². The summed E-state index contributed by atoms with van der Waals surface area (Å²) in [5.41, 5.74) is 2.86. The van der Waals surface area contributed by atoms with Crippen LogP contribution in [0.4, 0.5) is 0 Å². The van der Waals surface area contributed by atoms with Crippen LogP contribution in [0.3, 0.4) is 0 Å². The molecule has 0 aromatic heterocycles. The Kier molecular flexibility index (Phi) is 5.69. The summed E-state index contributed by atoms with van der Waals surface area (Å²) in [6, 6.07) is 6.00. The van der Waals surface area contributed by atoms with E-state index in [1.165, 1.54) is 5.56 Å². The number of benzene rings is 1. The molecule has 2 atom stereocenters. The fraction of sp³-hybridized carbons (Fsp3) is 0.591. The number of piperidine rings is 1. The van der Waals surface area contributed by atoms with Crippen molar-refractivity contribution < 1.29 is 14.4 Å². The highest BCUT2D eigenvalue weighted by atomic mass is 16.2. The van der Waals surface area contributed by atoms with Gasteiger partial charge in [-0.1, -0.05) is 26.0 Å². The second kappa shape index (κ2) is 8.24. The first-order valence-corrected chi connectivity index (χ1v) is 10.7. The molecule has 2 fully saturated rings. The standard InChI is InChI=1S/C22H30N4O3/c1-14(2)19-11-23-8-3-9-25(19)12-15-4-5-17-16(10-15)13-26(22(17)29)18-6-7-20(27)24-21(18)28/h4-5,10,14,18-19,23H,3,6-9,11-13H2,1-2H3,(H,24,27,28). The van der Waals surface area contributed by atoms with Gasteiger partial charge in [-0.3, -0.25) is 24.6 Å². The molecule has 2 N–H and O–H groups in total. The number of hydrogen-bond donors (Lipinski definition) is 2. The number of carbonyl (C=O) groups is 3. The van der Waals surface area contributed by atoms with E-state index in [4.69, 9.17) is 0 Å². The van der Waals surface area contributed by atoms with Gasteiger partial charge >= 0.3 is 0 Å². The average Bonchev–Trinajstić information content (AvgIpc) is 2.84. The minimum Gasteiger partial charge on any atom is -0.322 e. The zero-order valence-electron chi connectivity index (χ0n) is 17.2. The Labute approximate surface area is 171 Å². The van der Waals surface area contributed by atoms with E-state index in [1.807, 2.05) is 12.1 Å². The van der Waals surface area contributed by atoms with Gasteiger partial charge in [0.2, 0.25) is 11.8 Å². The van der Waals surface area contributed by atoms with Crippen molar-refractivity contribution in [2.24, 2.45) is 5.92 Å². The van der Waals surface area contributed by atoms with E-state index >= 15 is 0 Å². The minimum absolute atomic E-state index is 0.111. The van der Waals surface area contributed by atoms with Crippen LogP contribution in [0.2, 0.25) is 0 Å². The molecule has 7 heteroatoms.